The molecule has 2 aromatic carbocycles. The van der Waals surface area contributed by atoms with E-state index in [0.29, 0.717) is 10.8 Å². The minimum absolute atomic E-state index is 0.138. The number of amides is 1. The monoisotopic (exact) mass is 465 g/mol. The predicted molar refractivity (Wildman–Crippen MR) is 128 cm³/mol. The van der Waals surface area contributed by atoms with Gasteiger partial charge in [0, 0.05) is 12.6 Å². The molecule has 4 rings (SSSR count). The standard InChI is InChI=1S/C24H23N3O3S2/c1-2-18-9-8-13-21-23(18)26-24(31-21)27(17-19-10-6-7-15-25-19)22(28)14-16-32(29,30)20-11-4-3-5-12-20/h3-13,15H,2,14,16-17H2,1H3. The van der Waals surface area contributed by atoms with E-state index in [1.165, 1.54) is 11.3 Å². The summed E-state index contributed by atoms with van der Waals surface area (Å²) in [6.45, 7) is 2.30. The van der Waals surface area contributed by atoms with Gasteiger partial charge in [-0.3, -0.25) is 14.7 Å². The van der Waals surface area contributed by atoms with Crippen LogP contribution in [0.4, 0.5) is 5.13 Å². The van der Waals surface area contributed by atoms with Gasteiger partial charge < -0.3 is 0 Å². The van der Waals surface area contributed by atoms with E-state index >= 15 is 0 Å². The van der Waals surface area contributed by atoms with E-state index in [0.717, 1.165) is 22.2 Å². The Hall–Kier alpha value is -3.10. The largest absolute Gasteiger partial charge is 0.282 e. The second-order valence-electron chi connectivity index (χ2n) is 7.30. The fourth-order valence-electron chi connectivity index (χ4n) is 3.41. The molecule has 1 amide bonds. The van der Waals surface area contributed by atoms with Crippen LogP contribution in [0, 0.1) is 0 Å². The van der Waals surface area contributed by atoms with Crippen molar-refractivity contribution in [3.05, 3.63) is 84.2 Å². The Balaban J connectivity index is 1.63. The zero-order chi connectivity index (χ0) is 22.6. The lowest BCUT2D eigenvalue weighted by Crippen LogP contribution is -2.32. The molecular formula is C24H23N3O3S2. The number of sulfone groups is 1. The topological polar surface area (TPSA) is 80.2 Å². The maximum atomic E-state index is 13.3. The summed E-state index contributed by atoms with van der Waals surface area (Å²) >= 11 is 1.43. The molecular weight excluding hydrogens is 442 g/mol. The van der Waals surface area contributed by atoms with Crippen LogP contribution in [-0.4, -0.2) is 30.0 Å². The van der Waals surface area contributed by atoms with Gasteiger partial charge in [0.25, 0.3) is 0 Å². The third-order valence-corrected chi connectivity index (χ3v) is 7.91. The number of fused-ring (bicyclic) bond motifs is 1. The number of hydrogen-bond donors (Lipinski definition) is 0. The van der Waals surface area contributed by atoms with Crippen molar-refractivity contribution < 1.29 is 13.2 Å². The van der Waals surface area contributed by atoms with E-state index in [2.05, 4.69) is 11.9 Å². The van der Waals surface area contributed by atoms with E-state index in [9.17, 15) is 13.2 Å². The van der Waals surface area contributed by atoms with Crippen molar-refractivity contribution in [1.82, 2.24) is 9.97 Å². The molecule has 4 aromatic rings. The van der Waals surface area contributed by atoms with Gasteiger partial charge >= 0.3 is 0 Å². The number of aromatic nitrogens is 2. The molecule has 0 N–H and O–H groups in total. The second-order valence-corrected chi connectivity index (χ2v) is 10.4. The lowest BCUT2D eigenvalue weighted by molar-refractivity contribution is -0.118. The van der Waals surface area contributed by atoms with Crippen molar-refractivity contribution in [2.75, 3.05) is 10.7 Å². The van der Waals surface area contributed by atoms with E-state index in [1.807, 2.05) is 36.4 Å². The molecule has 2 aromatic heterocycles. The Morgan fingerprint density at radius 1 is 1.00 bits per heavy atom. The summed E-state index contributed by atoms with van der Waals surface area (Å²) in [5.74, 6) is -0.563. The fourth-order valence-corrected chi connectivity index (χ4v) is 5.69. The lowest BCUT2D eigenvalue weighted by atomic mass is 10.1. The number of benzene rings is 2. The highest BCUT2D eigenvalue weighted by Crippen LogP contribution is 2.32. The van der Waals surface area contributed by atoms with Crippen LogP contribution in [0.2, 0.25) is 0 Å². The summed E-state index contributed by atoms with van der Waals surface area (Å²) < 4.78 is 26.4. The van der Waals surface area contributed by atoms with E-state index in [-0.39, 0.29) is 29.5 Å². The van der Waals surface area contributed by atoms with Crippen molar-refractivity contribution in [2.24, 2.45) is 0 Å². The summed E-state index contributed by atoms with van der Waals surface area (Å²) in [6, 6.07) is 19.7. The number of carbonyl (C=O) groups excluding carboxylic acids is 1. The normalized spacial score (nSPS) is 11.5. The van der Waals surface area contributed by atoms with Crippen molar-refractivity contribution in [3.8, 4) is 0 Å². The maximum absolute atomic E-state index is 13.3. The Kier molecular flexibility index (Phi) is 6.62. The number of carbonyl (C=O) groups is 1. The van der Waals surface area contributed by atoms with Gasteiger partial charge in [0.2, 0.25) is 5.91 Å². The molecule has 0 fully saturated rings. The second kappa shape index (κ2) is 9.58. The molecule has 0 saturated heterocycles. The molecule has 6 nitrogen and oxygen atoms in total. The van der Waals surface area contributed by atoms with Crippen LogP contribution in [0.5, 0.6) is 0 Å². The van der Waals surface area contributed by atoms with E-state index in [4.69, 9.17) is 4.98 Å². The zero-order valence-electron chi connectivity index (χ0n) is 17.6. The minimum Gasteiger partial charge on any atom is -0.282 e. The molecule has 0 radical (unpaired) electrons. The highest BCUT2D eigenvalue weighted by Gasteiger charge is 2.24. The maximum Gasteiger partial charge on any atom is 0.230 e. The smallest absolute Gasteiger partial charge is 0.230 e. The van der Waals surface area contributed by atoms with Gasteiger partial charge in [0.1, 0.15) is 0 Å². The highest BCUT2D eigenvalue weighted by atomic mass is 32.2. The fraction of sp³-hybridized carbons (Fsp3) is 0.208. The quantitative estimate of drug-likeness (QED) is 0.378. The summed E-state index contributed by atoms with van der Waals surface area (Å²) in [5.41, 5.74) is 2.70. The zero-order valence-corrected chi connectivity index (χ0v) is 19.3. The molecule has 164 valence electrons. The third kappa shape index (κ3) is 4.87. The number of nitrogens with zero attached hydrogens (tertiary/aromatic N) is 3. The minimum atomic E-state index is -3.56. The van der Waals surface area contributed by atoms with Crippen molar-refractivity contribution in [1.29, 1.82) is 0 Å². The number of para-hydroxylation sites is 1. The molecule has 0 atom stereocenters. The highest BCUT2D eigenvalue weighted by molar-refractivity contribution is 7.91. The van der Waals surface area contributed by atoms with Crippen LogP contribution in [0.25, 0.3) is 10.2 Å². The first-order valence-corrected chi connectivity index (χ1v) is 12.8. The van der Waals surface area contributed by atoms with Crippen LogP contribution in [0.1, 0.15) is 24.6 Å². The molecule has 0 bridgehead atoms. The molecule has 0 unspecified atom stereocenters. The van der Waals surface area contributed by atoms with Crippen molar-refractivity contribution >= 4 is 42.4 Å². The lowest BCUT2D eigenvalue weighted by Gasteiger charge is -2.19. The van der Waals surface area contributed by atoms with Gasteiger partial charge in [-0.1, -0.05) is 54.7 Å². The molecule has 8 heteroatoms. The van der Waals surface area contributed by atoms with Gasteiger partial charge in [-0.2, -0.15) is 0 Å². The van der Waals surface area contributed by atoms with Crippen LogP contribution in [-0.2, 0) is 27.6 Å². The molecule has 0 spiro atoms. The van der Waals surface area contributed by atoms with Crippen LogP contribution < -0.4 is 4.90 Å². The van der Waals surface area contributed by atoms with Crippen LogP contribution in [0.3, 0.4) is 0 Å². The van der Waals surface area contributed by atoms with Crippen molar-refractivity contribution in [3.63, 3.8) is 0 Å². The Morgan fingerprint density at radius 3 is 2.50 bits per heavy atom. The molecule has 0 aliphatic rings. The summed E-state index contributed by atoms with van der Waals surface area (Å²) in [5, 5.41) is 0.550. The van der Waals surface area contributed by atoms with Crippen molar-refractivity contribution in [2.45, 2.75) is 31.2 Å². The number of rotatable bonds is 8. The SMILES string of the molecule is CCc1cccc2sc(N(Cc3ccccn3)C(=O)CCS(=O)(=O)c3ccccc3)nc12. The van der Waals surface area contributed by atoms with E-state index < -0.39 is 9.84 Å². The molecule has 0 aliphatic carbocycles. The van der Waals surface area contributed by atoms with Crippen LogP contribution in [0.15, 0.2) is 77.8 Å². The summed E-state index contributed by atoms with van der Waals surface area (Å²) in [4.78, 5) is 24.1. The first-order valence-electron chi connectivity index (χ1n) is 10.3. The third-order valence-electron chi connectivity index (χ3n) is 5.14. The van der Waals surface area contributed by atoms with Crippen LogP contribution >= 0.6 is 11.3 Å². The molecule has 0 saturated carbocycles. The average molecular weight is 466 g/mol. The molecule has 0 aliphatic heterocycles. The predicted octanol–water partition coefficient (Wildman–Crippen LogP) is 4.65. The van der Waals surface area contributed by atoms with Gasteiger partial charge in [0.15, 0.2) is 15.0 Å². The number of thiazole rings is 1. The van der Waals surface area contributed by atoms with Gasteiger partial charge in [-0.15, -0.1) is 0 Å². The number of hydrogen-bond acceptors (Lipinski definition) is 6. The summed E-state index contributed by atoms with van der Waals surface area (Å²) in [6.07, 6.45) is 2.37. The summed E-state index contributed by atoms with van der Waals surface area (Å²) in [7, 11) is -3.56. The molecule has 2 heterocycles. The first-order chi connectivity index (χ1) is 15.5. The average Bonchev–Trinajstić information content (AvgIpc) is 3.26. The number of pyridine rings is 1. The molecule has 32 heavy (non-hydrogen) atoms. The number of anilines is 1. The number of aryl methyl sites for hydroxylation is 1. The van der Waals surface area contributed by atoms with Gasteiger partial charge in [-0.05, 0) is 42.3 Å². The van der Waals surface area contributed by atoms with Gasteiger partial charge in [-0.25, -0.2) is 13.4 Å². The Labute approximate surface area is 191 Å². The Bertz CT molecular complexity index is 1320. The first kappa shape index (κ1) is 22.1. The van der Waals surface area contributed by atoms with Gasteiger partial charge in [0.05, 0.1) is 33.1 Å². The van der Waals surface area contributed by atoms with E-state index in [1.54, 1.807) is 41.4 Å². The Morgan fingerprint density at radius 2 is 1.78 bits per heavy atom.